The second-order valence-corrected chi connectivity index (χ2v) is 8.36. The van der Waals surface area contributed by atoms with Gasteiger partial charge in [0.05, 0.1) is 12.2 Å². The first-order chi connectivity index (χ1) is 9.08. The number of carbonyl (C=O) groups is 1. The van der Waals surface area contributed by atoms with E-state index in [4.69, 9.17) is 14.2 Å². The highest BCUT2D eigenvalue weighted by molar-refractivity contribution is 6.39. The minimum absolute atomic E-state index is 0.217. The summed E-state index contributed by atoms with van der Waals surface area (Å²) in [5, 5.41) is 0. The first kappa shape index (κ1) is 15.0. The molecule has 2 rings (SSSR count). The number of rotatable bonds is 7. The van der Waals surface area contributed by atoms with E-state index in [0.717, 1.165) is 25.3 Å². The summed E-state index contributed by atoms with van der Waals surface area (Å²) in [7, 11) is -0.579. The Hall–Kier alpha value is -0.393. The molecule has 1 aliphatic heterocycles. The van der Waals surface area contributed by atoms with Gasteiger partial charge in [-0.15, -0.1) is 0 Å². The molecule has 110 valence electrons. The molecule has 0 aromatic heterocycles. The van der Waals surface area contributed by atoms with Crippen LogP contribution in [0.3, 0.4) is 0 Å². The molecule has 4 unspecified atom stereocenters. The Labute approximate surface area is 118 Å². The van der Waals surface area contributed by atoms with Crippen LogP contribution < -0.4 is 0 Å². The molecule has 1 saturated heterocycles. The van der Waals surface area contributed by atoms with Crippen LogP contribution in [-0.2, 0) is 19.0 Å². The molecular formula is C14H26O4Si. The Morgan fingerprint density at radius 3 is 2.74 bits per heavy atom. The molecule has 2 aliphatic rings. The monoisotopic (exact) mass is 286 g/mol. The number of epoxide rings is 1. The Bertz CT molecular complexity index is 315. The summed E-state index contributed by atoms with van der Waals surface area (Å²) in [4.78, 5) is 11.4. The van der Waals surface area contributed by atoms with E-state index in [0.29, 0.717) is 24.7 Å². The van der Waals surface area contributed by atoms with Gasteiger partial charge >= 0.3 is 5.97 Å². The summed E-state index contributed by atoms with van der Waals surface area (Å²) in [6.07, 6.45) is 5.31. The molecule has 2 fully saturated rings. The Kier molecular flexibility index (Phi) is 5.03. The van der Waals surface area contributed by atoms with Crippen LogP contribution >= 0.6 is 0 Å². The predicted molar refractivity (Wildman–Crippen MR) is 75.8 cm³/mol. The third-order valence-electron chi connectivity index (χ3n) is 4.08. The first-order valence-corrected chi connectivity index (χ1v) is 9.28. The van der Waals surface area contributed by atoms with Crippen molar-refractivity contribution in [2.24, 2.45) is 5.92 Å². The lowest BCUT2D eigenvalue weighted by Crippen LogP contribution is -2.45. The number of hydrogen-bond donors (Lipinski definition) is 0. The minimum Gasteiger partial charge on any atom is -0.438 e. The normalized spacial score (nSPS) is 32.9. The van der Waals surface area contributed by atoms with E-state index in [1.807, 2.05) is 6.92 Å². The molecule has 1 saturated carbocycles. The summed E-state index contributed by atoms with van der Waals surface area (Å²) in [5.41, 5.74) is -0.582. The van der Waals surface area contributed by atoms with E-state index < -0.39 is 14.9 Å². The van der Waals surface area contributed by atoms with Crippen LogP contribution in [0.2, 0.25) is 6.04 Å². The largest absolute Gasteiger partial charge is 0.438 e. The molecule has 19 heavy (non-hydrogen) atoms. The number of carbonyl (C=O) groups excluding carboxylic acids is 1. The highest BCUT2D eigenvalue weighted by Crippen LogP contribution is 2.42. The summed E-state index contributed by atoms with van der Waals surface area (Å²) in [6, 6.07) is 1.09. The van der Waals surface area contributed by atoms with Crippen molar-refractivity contribution >= 4 is 15.5 Å². The maximum atomic E-state index is 11.4. The van der Waals surface area contributed by atoms with Crippen LogP contribution in [0.15, 0.2) is 0 Å². The SMILES string of the molecule is CCOC(CC1CCC2OC2C1)(OC(C)=O)[SiH2]CC. The van der Waals surface area contributed by atoms with Crippen molar-refractivity contribution < 1.29 is 19.0 Å². The van der Waals surface area contributed by atoms with Crippen molar-refractivity contribution in [3.63, 3.8) is 0 Å². The topological polar surface area (TPSA) is 48.1 Å². The zero-order valence-corrected chi connectivity index (χ0v) is 13.7. The molecule has 0 bridgehead atoms. The highest BCUT2D eigenvalue weighted by Gasteiger charge is 2.46. The highest BCUT2D eigenvalue weighted by atomic mass is 28.2. The van der Waals surface area contributed by atoms with Crippen LogP contribution in [0, 0.1) is 5.92 Å². The van der Waals surface area contributed by atoms with Gasteiger partial charge in [0.2, 0.25) is 0 Å². The van der Waals surface area contributed by atoms with Gasteiger partial charge in [-0.25, -0.2) is 0 Å². The zero-order valence-electron chi connectivity index (χ0n) is 12.3. The fraction of sp³-hybridized carbons (Fsp3) is 0.929. The average molecular weight is 286 g/mol. The minimum atomic E-state index is -0.582. The van der Waals surface area contributed by atoms with Crippen LogP contribution in [0.1, 0.15) is 46.5 Å². The van der Waals surface area contributed by atoms with Gasteiger partial charge < -0.3 is 14.2 Å². The molecule has 1 aliphatic carbocycles. The molecule has 4 atom stereocenters. The van der Waals surface area contributed by atoms with E-state index in [9.17, 15) is 4.79 Å². The summed E-state index contributed by atoms with van der Waals surface area (Å²) in [5.74, 6) is 0.361. The lowest BCUT2D eigenvalue weighted by molar-refractivity contribution is -0.198. The van der Waals surface area contributed by atoms with E-state index in [2.05, 4.69) is 6.92 Å². The van der Waals surface area contributed by atoms with E-state index in [1.54, 1.807) is 0 Å². The van der Waals surface area contributed by atoms with Gasteiger partial charge in [-0.3, -0.25) is 4.79 Å². The third-order valence-corrected chi connectivity index (χ3v) is 5.98. The molecule has 4 nitrogen and oxygen atoms in total. The maximum Gasteiger partial charge on any atom is 0.304 e. The van der Waals surface area contributed by atoms with Crippen LogP contribution in [0.25, 0.3) is 0 Å². The molecule has 0 radical (unpaired) electrons. The zero-order chi connectivity index (χ0) is 13.9. The van der Waals surface area contributed by atoms with E-state index in [1.165, 1.54) is 13.3 Å². The van der Waals surface area contributed by atoms with Crippen LogP contribution in [0.5, 0.6) is 0 Å². The van der Waals surface area contributed by atoms with Crippen molar-refractivity contribution in [2.75, 3.05) is 6.61 Å². The van der Waals surface area contributed by atoms with Gasteiger partial charge in [0.25, 0.3) is 0 Å². The van der Waals surface area contributed by atoms with Gasteiger partial charge in [0.15, 0.2) is 5.41 Å². The summed E-state index contributed by atoms with van der Waals surface area (Å²) < 4.78 is 17.1. The molecule has 0 N–H and O–H groups in total. The molecule has 0 aromatic rings. The lowest BCUT2D eigenvalue weighted by atomic mass is 9.86. The van der Waals surface area contributed by atoms with E-state index >= 15 is 0 Å². The smallest absolute Gasteiger partial charge is 0.304 e. The van der Waals surface area contributed by atoms with E-state index in [-0.39, 0.29) is 5.97 Å². The van der Waals surface area contributed by atoms with Gasteiger partial charge in [-0.05, 0) is 32.1 Å². The Balaban J connectivity index is 1.98. The van der Waals surface area contributed by atoms with Gasteiger partial charge in [-0.1, -0.05) is 13.0 Å². The molecule has 1 heterocycles. The maximum absolute atomic E-state index is 11.4. The predicted octanol–water partition coefficient (Wildman–Crippen LogP) is 1.80. The summed E-state index contributed by atoms with van der Waals surface area (Å²) in [6.45, 7) is 6.22. The molecule has 0 aromatic carbocycles. The number of hydrogen-bond acceptors (Lipinski definition) is 4. The van der Waals surface area contributed by atoms with Crippen LogP contribution in [0.4, 0.5) is 0 Å². The number of esters is 1. The number of ether oxygens (including phenoxy) is 3. The number of fused-ring (bicyclic) bond motifs is 1. The Morgan fingerprint density at radius 1 is 1.37 bits per heavy atom. The summed E-state index contributed by atoms with van der Waals surface area (Å²) >= 11 is 0. The standard InChI is InChI=1S/C14H26O4Si/c1-4-16-14(19-5-2,18-10(3)15)9-11-6-7-12-13(8-11)17-12/h11-13H,4-9,19H2,1-3H3. The van der Waals surface area contributed by atoms with Gasteiger partial charge in [-0.2, -0.15) is 0 Å². The fourth-order valence-electron chi connectivity index (χ4n) is 3.37. The molecular weight excluding hydrogens is 260 g/mol. The second-order valence-electron chi connectivity index (χ2n) is 5.78. The first-order valence-electron chi connectivity index (χ1n) is 7.57. The van der Waals surface area contributed by atoms with Crippen LogP contribution in [-0.4, -0.2) is 39.7 Å². The third kappa shape index (κ3) is 4.03. The van der Waals surface area contributed by atoms with Gasteiger partial charge in [0.1, 0.15) is 9.52 Å². The molecule has 0 spiro atoms. The van der Waals surface area contributed by atoms with Crippen molar-refractivity contribution in [1.29, 1.82) is 0 Å². The lowest BCUT2D eigenvalue weighted by Gasteiger charge is -2.36. The van der Waals surface area contributed by atoms with Crippen molar-refractivity contribution in [2.45, 2.75) is 70.1 Å². The second kappa shape index (κ2) is 6.37. The fourth-order valence-corrected chi connectivity index (χ4v) is 5.40. The van der Waals surface area contributed by atoms with Crippen molar-refractivity contribution in [1.82, 2.24) is 0 Å². The quantitative estimate of drug-likeness (QED) is 0.310. The van der Waals surface area contributed by atoms with Gasteiger partial charge in [0, 0.05) is 20.0 Å². The average Bonchev–Trinajstić information content (AvgIpc) is 3.06. The van der Waals surface area contributed by atoms with Crippen molar-refractivity contribution in [3.8, 4) is 0 Å². The Morgan fingerprint density at radius 2 is 2.16 bits per heavy atom. The molecule has 5 heteroatoms. The van der Waals surface area contributed by atoms with Crippen molar-refractivity contribution in [3.05, 3.63) is 0 Å². The molecule has 0 amide bonds.